The number of rotatable bonds is 1. The summed E-state index contributed by atoms with van der Waals surface area (Å²) in [5, 5.41) is 0. The molecule has 0 aromatic rings. The van der Waals surface area contributed by atoms with Gasteiger partial charge in [0.2, 0.25) is 0 Å². The molecule has 1 amide bonds. The molecule has 18 heavy (non-hydrogen) atoms. The lowest BCUT2D eigenvalue weighted by Gasteiger charge is -2.43. The van der Waals surface area contributed by atoms with E-state index in [9.17, 15) is 4.79 Å². The van der Waals surface area contributed by atoms with Crippen LogP contribution in [0.1, 0.15) is 47.5 Å². The Morgan fingerprint density at radius 2 is 2.00 bits per heavy atom. The molecule has 0 N–H and O–H groups in total. The summed E-state index contributed by atoms with van der Waals surface area (Å²) >= 11 is 0. The molecule has 0 saturated carbocycles. The number of methoxy groups -OCH3 is 1. The zero-order valence-electron chi connectivity index (χ0n) is 12.4. The van der Waals surface area contributed by atoms with Crippen molar-refractivity contribution < 1.29 is 14.3 Å². The average Bonchev–Trinajstić information content (AvgIpc) is 2.13. The Bertz CT molecular complexity index is 339. The molecule has 1 aliphatic rings. The van der Waals surface area contributed by atoms with Crippen LogP contribution in [0.4, 0.5) is 4.79 Å². The first-order chi connectivity index (χ1) is 8.15. The first-order valence-corrected chi connectivity index (χ1v) is 6.37. The number of carbonyl (C=O) groups excluding carboxylic acids is 1. The van der Waals surface area contributed by atoms with Gasteiger partial charge in [-0.2, -0.15) is 0 Å². The van der Waals surface area contributed by atoms with Gasteiger partial charge in [0.05, 0.1) is 13.4 Å². The molecule has 0 atom stereocenters. The van der Waals surface area contributed by atoms with Crippen molar-refractivity contribution in [3.8, 4) is 0 Å². The topological polar surface area (TPSA) is 38.8 Å². The molecule has 1 aliphatic heterocycles. The first kappa shape index (κ1) is 14.9. The van der Waals surface area contributed by atoms with E-state index in [0.717, 1.165) is 12.8 Å². The average molecular weight is 255 g/mol. The second-order valence-corrected chi connectivity index (χ2v) is 6.38. The van der Waals surface area contributed by atoms with Gasteiger partial charge in [0.1, 0.15) is 5.60 Å². The van der Waals surface area contributed by atoms with Crippen molar-refractivity contribution in [2.24, 2.45) is 0 Å². The molecule has 0 bridgehead atoms. The van der Waals surface area contributed by atoms with Crippen molar-refractivity contribution in [2.45, 2.75) is 58.6 Å². The minimum Gasteiger partial charge on any atom is -0.504 e. The molecule has 4 heteroatoms. The molecule has 1 fully saturated rings. The maximum absolute atomic E-state index is 12.1. The summed E-state index contributed by atoms with van der Waals surface area (Å²) in [6.07, 6.45) is 3.22. The highest BCUT2D eigenvalue weighted by molar-refractivity contribution is 5.69. The molecule has 104 valence electrons. The van der Waals surface area contributed by atoms with Crippen molar-refractivity contribution in [2.75, 3.05) is 13.7 Å². The predicted octanol–water partition coefficient (Wildman–Crippen LogP) is 3.33. The number of nitrogens with zero attached hydrogens (tertiary/aromatic N) is 1. The van der Waals surface area contributed by atoms with Crippen LogP contribution in [0.25, 0.3) is 0 Å². The number of hydrogen-bond donors (Lipinski definition) is 0. The summed E-state index contributed by atoms with van der Waals surface area (Å²) in [5.41, 5.74) is 0.558. The molecule has 1 heterocycles. The third kappa shape index (κ3) is 3.93. The Kier molecular flexibility index (Phi) is 4.30. The van der Waals surface area contributed by atoms with Crippen LogP contribution in [0.3, 0.4) is 0 Å². The van der Waals surface area contributed by atoms with Crippen LogP contribution in [-0.2, 0) is 9.47 Å². The van der Waals surface area contributed by atoms with E-state index < -0.39 is 5.60 Å². The molecule has 0 unspecified atom stereocenters. The van der Waals surface area contributed by atoms with E-state index in [1.165, 1.54) is 5.57 Å². The minimum absolute atomic E-state index is 0.231. The Morgan fingerprint density at radius 3 is 2.44 bits per heavy atom. The molecule has 1 saturated heterocycles. The maximum Gasteiger partial charge on any atom is 0.410 e. The van der Waals surface area contributed by atoms with E-state index in [1.807, 2.05) is 25.7 Å². The highest BCUT2D eigenvalue weighted by Gasteiger charge is 2.37. The Labute approximate surface area is 110 Å². The lowest BCUT2D eigenvalue weighted by molar-refractivity contribution is -0.00131. The number of likely N-dealkylation sites (tertiary alicyclic amines) is 1. The van der Waals surface area contributed by atoms with E-state index in [-0.39, 0.29) is 11.6 Å². The molecule has 0 aromatic carbocycles. The van der Waals surface area contributed by atoms with Crippen LogP contribution in [-0.4, -0.2) is 35.8 Å². The van der Waals surface area contributed by atoms with E-state index in [1.54, 1.807) is 13.4 Å². The number of piperidine rings is 1. The lowest BCUT2D eigenvalue weighted by atomic mass is 9.88. The van der Waals surface area contributed by atoms with Gasteiger partial charge in [0, 0.05) is 12.1 Å². The third-order valence-electron chi connectivity index (χ3n) is 2.95. The van der Waals surface area contributed by atoms with Crippen molar-refractivity contribution in [3.05, 3.63) is 11.8 Å². The van der Waals surface area contributed by atoms with Crippen LogP contribution in [0, 0.1) is 0 Å². The molecule has 0 spiro atoms. The summed E-state index contributed by atoms with van der Waals surface area (Å²) < 4.78 is 10.5. The van der Waals surface area contributed by atoms with E-state index in [4.69, 9.17) is 9.47 Å². The van der Waals surface area contributed by atoms with E-state index in [0.29, 0.717) is 6.54 Å². The number of ether oxygens (including phenoxy) is 2. The fraction of sp³-hybridized carbons (Fsp3) is 0.786. The van der Waals surface area contributed by atoms with Crippen LogP contribution >= 0.6 is 0 Å². The Hall–Kier alpha value is -1.19. The normalized spacial score (nSPS) is 21.9. The van der Waals surface area contributed by atoms with Gasteiger partial charge < -0.3 is 14.4 Å². The number of carbonyl (C=O) groups is 1. The highest BCUT2D eigenvalue weighted by atomic mass is 16.6. The molecule has 0 radical (unpaired) electrons. The number of amides is 1. The summed E-state index contributed by atoms with van der Waals surface area (Å²) in [7, 11) is 1.65. The van der Waals surface area contributed by atoms with Crippen molar-refractivity contribution in [1.82, 2.24) is 4.90 Å². The van der Waals surface area contributed by atoms with Gasteiger partial charge in [-0.15, -0.1) is 0 Å². The van der Waals surface area contributed by atoms with Gasteiger partial charge in [-0.3, -0.25) is 0 Å². The van der Waals surface area contributed by atoms with Gasteiger partial charge in [-0.25, -0.2) is 4.79 Å². The second-order valence-electron chi connectivity index (χ2n) is 6.38. The largest absolute Gasteiger partial charge is 0.504 e. The first-order valence-electron chi connectivity index (χ1n) is 6.37. The van der Waals surface area contributed by atoms with Gasteiger partial charge in [-0.05, 0) is 53.0 Å². The third-order valence-corrected chi connectivity index (χ3v) is 2.95. The van der Waals surface area contributed by atoms with E-state index >= 15 is 0 Å². The summed E-state index contributed by atoms with van der Waals surface area (Å²) in [6.45, 7) is 10.4. The van der Waals surface area contributed by atoms with Crippen molar-refractivity contribution in [3.63, 3.8) is 0 Å². The fourth-order valence-electron chi connectivity index (χ4n) is 2.22. The van der Waals surface area contributed by atoms with E-state index in [2.05, 4.69) is 13.8 Å². The molecule has 0 aliphatic carbocycles. The monoisotopic (exact) mass is 255 g/mol. The summed E-state index contributed by atoms with van der Waals surface area (Å²) in [6, 6.07) is 0. The molecule has 1 rings (SSSR count). The Morgan fingerprint density at radius 1 is 1.39 bits per heavy atom. The lowest BCUT2D eigenvalue weighted by Crippen LogP contribution is -2.52. The van der Waals surface area contributed by atoms with Crippen LogP contribution in [0.5, 0.6) is 0 Å². The van der Waals surface area contributed by atoms with Crippen LogP contribution in [0.15, 0.2) is 11.8 Å². The highest BCUT2D eigenvalue weighted by Crippen LogP contribution is 2.32. The second kappa shape index (κ2) is 5.21. The molecular formula is C14H25NO3. The van der Waals surface area contributed by atoms with Crippen molar-refractivity contribution >= 4 is 6.09 Å². The summed E-state index contributed by atoms with van der Waals surface area (Å²) in [4.78, 5) is 14.0. The SMILES string of the molecule is CO/C=C1/CCN(C(=O)OC(C)(C)C)C(C)(C)C1. The van der Waals surface area contributed by atoms with Gasteiger partial charge >= 0.3 is 6.09 Å². The Balaban J connectivity index is 2.74. The maximum atomic E-state index is 12.1. The molecule has 0 aromatic heterocycles. The van der Waals surface area contributed by atoms with Crippen LogP contribution < -0.4 is 0 Å². The fourth-order valence-corrected chi connectivity index (χ4v) is 2.22. The zero-order chi connectivity index (χ0) is 14.0. The molecule has 4 nitrogen and oxygen atoms in total. The van der Waals surface area contributed by atoms with Crippen LogP contribution in [0.2, 0.25) is 0 Å². The van der Waals surface area contributed by atoms with Gasteiger partial charge in [0.25, 0.3) is 0 Å². The number of hydrogen-bond acceptors (Lipinski definition) is 3. The molecular weight excluding hydrogens is 230 g/mol. The zero-order valence-corrected chi connectivity index (χ0v) is 12.4. The predicted molar refractivity (Wildman–Crippen MR) is 71.3 cm³/mol. The summed E-state index contributed by atoms with van der Waals surface area (Å²) in [5.74, 6) is 0. The standard InChI is InChI=1S/C14H25NO3/c1-13(2,3)18-12(16)15-8-7-11(10-17-6)9-14(15,4)5/h10H,7-9H2,1-6H3/b11-10-. The van der Waals surface area contributed by atoms with Gasteiger partial charge in [0.15, 0.2) is 0 Å². The quantitative estimate of drug-likeness (QED) is 0.675. The smallest absolute Gasteiger partial charge is 0.410 e. The minimum atomic E-state index is -0.449. The van der Waals surface area contributed by atoms with Gasteiger partial charge in [-0.1, -0.05) is 0 Å². The van der Waals surface area contributed by atoms with Crippen molar-refractivity contribution in [1.29, 1.82) is 0 Å².